The molecule has 1 amide bonds. The van der Waals surface area contributed by atoms with Crippen LogP contribution in [0.15, 0.2) is 77.4 Å². The first kappa shape index (κ1) is 18.0. The van der Waals surface area contributed by atoms with Crippen LogP contribution in [-0.4, -0.2) is 22.1 Å². The van der Waals surface area contributed by atoms with E-state index in [1.54, 1.807) is 47.0 Å². The second kappa shape index (κ2) is 7.70. The Balaban J connectivity index is 1.57. The number of hydrogen-bond donors (Lipinski definition) is 2. The molecule has 0 spiro atoms. The highest BCUT2D eigenvalue weighted by Gasteiger charge is 2.19. The maximum absolute atomic E-state index is 14.1. The number of aliphatic hydroxyl groups excluding tert-OH is 1. The van der Waals surface area contributed by atoms with Crippen molar-refractivity contribution in [3.05, 3.63) is 95.6 Å². The van der Waals surface area contributed by atoms with E-state index in [0.717, 1.165) is 5.56 Å². The van der Waals surface area contributed by atoms with Gasteiger partial charge in [0.1, 0.15) is 11.5 Å². The molecule has 0 saturated heterocycles. The molecule has 0 aliphatic rings. The third-order valence-electron chi connectivity index (χ3n) is 4.68. The van der Waals surface area contributed by atoms with Crippen LogP contribution in [0.25, 0.3) is 11.1 Å². The second-order valence-electron chi connectivity index (χ2n) is 6.51. The topological polar surface area (TPSA) is 67.4 Å². The van der Waals surface area contributed by atoms with Crippen LogP contribution in [0, 0.1) is 5.82 Å². The molecule has 2 N–H and O–H groups in total. The van der Waals surface area contributed by atoms with Crippen LogP contribution in [0.3, 0.4) is 0 Å². The summed E-state index contributed by atoms with van der Waals surface area (Å²) < 4.78 is 21.2. The van der Waals surface area contributed by atoms with Gasteiger partial charge in [0.05, 0.1) is 24.4 Å². The van der Waals surface area contributed by atoms with Gasteiger partial charge >= 0.3 is 0 Å². The molecule has 0 unspecified atom stereocenters. The molecule has 2 heterocycles. The molecular weight excluding hydrogens is 359 g/mol. The van der Waals surface area contributed by atoms with Gasteiger partial charge in [-0.25, -0.2) is 4.39 Å². The van der Waals surface area contributed by atoms with Gasteiger partial charge in [0, 0.05) is 24.2 Å². The van der Waals surface area contributed by atoms with Crippen molar-refractivity contribution < 1.29 is 18.7 Å². The summed E-state index contributed by atoms with van der Waals surface area (Å²) in [6, 6.07) is 18.9. The number of hydrogen-bond acceptors (Lipinski definition) is 3. The predicted molar refractivity (Wildman–Crippen MR) is 103 cm³/mol. The van der Waals surface area contributed by atoms with Crippen molar-refractivity contribution in [2.75, 3.05) is 6.54 Å². The van der Waals surface area contributed by atoms with Gasteiger partial charge in [-0.2, -0.15) is 0 Å². The van der Waals surface area contributed by atoms with E-state index in [0.29, 0.717) is 22.4 Å². The molecule has 4 rings (SSSR count). The van der Waals surface area contributed by atoms with Crippen molar-refractivity contribution in [2.45, 2.75) is 12.6 Å². The molecule has 0 aliphatic heterocycles. The predicted octanol–water partition coefficient (Wildman–Crippen LogP) is 3.89. The number of carbonyl (C=O) groups excluding carboxylic acids is 1. The monoisotopic (exact) mass is 378 g/mol. The van der Waals surface area contributed by atoms with Crippen LogP contribution in [0.4, 0.5) is 4.39 Å². The second-order valence-corrected chi connectivity index (χ2v) is 6.51. The number of carbonyl (C=O) groups is 1. The maximum atomic E-state index is 14.1. The molecule has 1 atom stereocenters. The van der Waals surface area contributed by atoms with Gasteiger partial charge in [0.2, 0.25) is 0 Å². The van der Waals surface area contributed by atoms with E-state index in [2.05, 4.69) is 5.32 Å². The van der Waals surface area contributed by atoms with Crippen LogP contribution >= 0.6 is 0 Å². The third-order valence-corrected chi connectivity index (χ3v) is 4.68. The van der Waals surface area contributed by atoms with Gasteiger partial charge in [0.25, 0.3) is 5.91 Å². The summed E-state index contributed by atoms with van der Waals surface area (Å²) >= 11 is 0. The molecule has 2 aromatic carbocycles. The fraction of sp³-hybridized carbons (Fsp3) is 0.136. The number of aliphatic hydroxyl groups is 1. The Labute approximate surface area is 161 Å². The van der Waals surface area contributed by atoms with E-state index in [-0.39, 0.29) is 24.8 Å². The molecule has 0 saturated carbocycles. The number of nitrogens with zero attached hydrogens (tertiary/aromatic N) is 1. The van der Waals surface area contributed by atoms with Gasteiger partial charge < -0.3 is 19.4 Å². The van der Waals surface area contributed by atoms with E-state index in [4.69, 9.17) is 4.42 Å². The summed E-state index contributed by atoms with van der Waals surface area (Å²) in [6.45, 7) is 0.259. The van der Waals surface area contributed by atoms with Gasteiger partial charge in [-0.3, -0.25) is 4.79 Å². The molecule has 0 fully saturated rings. The molecule has 2 aromatic heterocycles. The minimum Gasteiger partial charge on any atom is -0.463 e. The minimum absolute atomic E-state index is 0.0646. The van der Waals surface area contributed by atoms with Gasteiger partial charge in [-0.1, -0.05) is 48.5 Å². The molecule has 0 radical (unpaired) electrons. The van der Waals surface area contributed by atoms with Crippen LogP contribution < -0.4 is 5.32 Å². The minimum atomic E-state index is -0.817. The van der Waals surface area contributed by atoms with E-state index in [1.165, 1.54) is 12.3 Å². The molecule has 5 nitrogen and oxygen atoms in total. The van der Waals surface area contributed by atoms with E-state index >= 15 is 0 Å². The van der Waals surface area contributed by atoms with Crippen LogP contribution in [-0.2, 0) is 6.54 Å². The number of furan rings is 1. The Morgan fingerprint density at radius 1 is 1.11 bits per heavy atom. The Bertz CT molecular complexity index is 1100. The average molecular weight is 378 g/mol. The summed E-state index contributed by atoms with van der Waals surface area (Å²) in [4.78, 5) is 12.8. The van der Waals surface area contributed by atoms with Crippen LogP contribution in [0.2, 0.25) is 0 Å². The standard InChI is InChI=1S/C22H19FN2O3/c23-17-9-5-4-8-16(17)14-25-18-10-11-28-21(18)12-19(25)22(27)24-13-20(26)15-6-2-1-3-7-15/h1-12,20,26H,13-14H2,(H,24,27)/t20-/m1/s1. The van der Waals surface area contributed by atoms with Gasteiger partial charge in [0.15, 0.2) is 5.58 Å². The van der Waals surface area contributed by atoms with Crippen LogP contribution in [0.5, 0.6) is 0 Å². The number of amides is 1. The highest BCUT2D eigenvalue weighted by molar-refractivity contribution is 5.97. The normalized spacial score (nSPS) is 12.2. The zero-order chi connectivity index (χ0) is 19.5. The largest absolute Gasteiger partial charge is 0.463 e. The number of benzene rings is 2. The third kappa shape index (κ3) is 3.54. The molecule has 4 aromatic rings. The summed E-state index contributed by atoms with van der Waals surface area (Å²) in [7, 11) is 0. The Morgan fingerprint density at radius 2 is 1.86 bits per heavy atom. The maximum Gasteiger partial charge on any atom is 0.268 e. The lowest BCUT2D eigenvalue weighted by atomic mass is 10.1. The zero-order valence-corrected chi connectivity index (χ0v) is 15.0. The van der Waals surface area contributed by atoms with E-state index < -0.39 is 6.10 Å². The SMILES string of the molecule is O=C(NC[C@@H](O)c1ccccc1)c1cc2occc2n1Cc1ccccc1F. The molecular formula is C22H19FN2O3. The van der Waals surface area contributed by atoms with E-state index in [1.807, 2.05) is 18.2 Å². The zero-order valence-electron chi connectivity index (χ0n) is 15.0. The number of nitrogens with one attached hydrogen (secondary N) is 1. The Morgan fingerprint density at radius 3 is 2.64 bits per heavy atom. The molecule has 0 aliphatic carbocycles. The summed E-state index contributed by atoms with van der Waals surface area (Å²) in [6.07, 6.45) is 0.715. The summed E-state index contributed by atoms with van der Waals surface area (Å²) in [5, 5.41) is 13.0. The first-order valence-corrected chi connectivity index (χ1v) is 8.95. The average Bonchev–Trinajstić information content (AvgIpc) is 3.31. The lowest BCUT2D eigenvalue weighted by Gasteiger charge is -2.14. The highest BCUT2D eigenvalue weighted by Crippen LogP contribution is 2.23. The van der Waals surface area contributed by atoms with Crippen molar-refractivity contribution in [1.29, 1.82) is 0 Å². The number of rotatable bonds is 6. The van der Waals surface area contributed by atoms with Gasteiger partial charge in [-0.05, 0) is 11.6 Å². The summed E-state index contributed by atoms with van der Waals surface area (Å²) in [5.74, 6) is -0.698. The Hall–Kier alpha value is -3.38. The highest BCUT2D eigenvalue weighted by atomic mass is 19.1. The van der Waals surface area contributed by atoms with Crippen molar-refractivity contribution >= 4 is 17.0 Å². The molecule has 142 valence electrons. The van der Waals surface area contributed by atoms with Crippen molar-refractivity contribution in [3.63, 3.8) is 0 Å². The van der Waals surface area contributed by atoms with Crippen LogP contribution in [0.1, 0.15) is 27.7 Å². The molecule has 28 heavy (non-hydrogen) atoms. The lowest BCUT2D eigenvalue weighted by molar-refractivity contribution is 0.0908. The molecule has 6 heteroatoms. The smallest absolute Gasteiger partial charge is 0.268 e. The van der Waals surface area contributed by atoms with Crippen molar-refractivity contribution in [1.82, 2.24) is 9.88 Å². The number of aromatic nitrogens is 1. The number of halogens is 1. The lowest BCUT2D eigenvalue weighted by Crippen LogP contribution is -2.30. The first-order valence-electron chi connectivity index (χ1n) is 8.95. The quantitative estimate of drug-likeness (QED) is 0.535. The summed E-state index contributed by atoms with van der Waals surface area (Å²) in [5.41, 5.74) is 2.79. The Kier molecular flexibility index (Phi) is 4.95. The van der Waals surface area contributed by atoms with Crippen molar-refractivity contribution in [2.24, 2.45) is 0 Å². The van der Waals surface area contributed by atoms with Crippen molar-refractivity contribution in [3.8, 4) is 0 Å². The first-order chi connectivity index (χ1) is 13.6. The number of fused-ring (bicyclic) bond motifs is 1. The van der Waals surface area contributed by atoms with Gasteiger partial charge in [-0.15, -0.1) is 0 Å². The fourth-order valence-corrected chi connectivity index (χ4v) is 3.21. The van der Waals surface area contributed by atoms with E-state index in [9.17, 15) is 14.3 Å². The fourth-order valence-electron chi connectivity index (χ4n) is 3.21. The molecule has 0 bridgehead atoms.